The zero-order valence-corrected chi connectivity index (χ0v) is 9.82. The molecular weight excluding hydrogens is 216 g/mol. The molecule has 0 aliphatic heterocycles. The molecule has 0 aromatic carbocycles. The normalized spacial score (nSPS) is 17.3. The van der Waals surface area contributed by atoms with Crippen molar-refractivity contribution in [2.45, 2.75) is 31.4 Å². The van der Waals surface area contributed by atoms with Gasteiger partial charge in [0.15, 0.2) is 0 Å². The van der Waals surface area contributed by atoms with Gasteiger partial charge in [-0.3, -0.25) is 0 Å². The Morgan fingerprint density at radius 1 is 1.53 bits per heavy atom. The Morgan fingerprint density at radius 3 is 3.00 bits per heavy atom. The summed E-state index contributed by atoms with van der Waals surface area (Å²) in [5.74, 6) is 0.890. The first kappa shape index (κ1) is 10.5. The second kappa shape index (κ2) is 4.00. The summed E-state index contributed by atoms with van der Waals surface area (Å²) in [5, 5.41) is 10.2. The van der Waals surface area contributed by atoms with Crippen molar-refractivity contribution in [2.24, 2.45) is 7.05 Å². The summed E-state index contributed by atoms with van der Waals surface area (Å²) in [6, 6.07) is 0.545. The minimum atomic E-state index is -0.529. The van der Waals surface area contributed by atoms with Gasteiger partial charge in [-0.2, -0.15) is 0 Å². The maximum Gasteiger partial charge on any atom is 0.111 e. The predicted octanol–water partition coefficient (Wildman–Crippen LogP) is 1.23. The zero-order chi connectivity index (χ0) is 11.8. The first-order valence-corrected chi connectivity index (χ1v) is 5.91. The summed E-state index contributed by atoms with van der Waals surface area (Å²) in [6.45, 7) is 0. The molecule has 1 N–H and O–H groups in total. The highest BCUT2D eigenvalue weighted by atomic mass is 16.3. The number of aliphatic hydroxyl groups is 1. The third-order valence-electron chi connectivity index (χ3n) is 3.27. The molecule has 2 aromatic heterocycles. The van der Waals surface area contributed by atoms with E-state index < -0.39 is 6.10 Å². The topological polar surface area (TPSA) is 55.9 Å². The molecule has 0 amide bonds. The summed E-state index contributed by atoms with van der Waals surface area (Å²) < 4.78 is 4.02. The Labute approximate surface area is 99.7 Å². The third kappa shape index (κ3) is 1.98. The fraction of sp³-hybridized carbons (Fsp3) is 0.500. The lowest BCUT2D eigenvalue weighted by atomic mass is 10.2. The lowest BCUT2D eigenvalue weighted by Gasteiger charge is -2.13. The van der Waals surface area contributed by atoms with Crippen LogP contribution in [0.1, 0.15) is 36.5 Å². The van der Waals surface area contributed by atoms with E-state index in [0.717, 1.165) is 11.5 Å². The van der Waals surface area contributed by atoms with Gasteiger partial charge in [0.05, 0.1) is 18.2 Å². The van der Waals surface area contributed by atoms with Crippen LogP contribution in [-0.4, -0.2) is 24.2 Å². The van der Waals surface area contributed by atoms with E-state index >= 15 is 0 Å². The Hall–Kier alpha value is -1.62. The highest BCUT2D eigenvalue weighted by Gasteiger charge is 2.27. The van der Waals surface area contributed by atoms with Crippen molar-refractivity contribution in [3.63, 3.8) is 0 Å². The van der Waals surface area contributed by atoms with Crippen molar-refractivity contribution in [3.8, 4) is 0 Å². The van der Waals surface area contributed by atoms with E-state index in [0.29, 0.717) is 12.5 Å². The monoisotopic (exact) mass is 232 g/mol. The fourth-order valence-corrected chi connectivity index (χ4v) is 2.10. The molecule has 17 heavy (non-hydrogen) atoms. The number of hydrogen-bond donors (Lipinski definition) is 1. The molecule has 2 aromatic rings. The van der Waals surface area contributed by atoms with E-state index in [1.165, 1.54) is 12.8 Å². The number of imidazole rings is 2. The van der Waals surface area contributed by atoms with Crippen LogP contribution in [-0.2, 0) is 13.5 Å². The van der Waals surface area contributed by atoms with Crippen LogP contribution in [0.5, 0.6) is 0 Å². The Balaban J connectivity index is 1.79. The number of hydrogen-bond acceptors (Lipinski definition) is 3. The molecule has 1 aliphatic rings. The molecule has 0 saturated heterocycles. The number of rotatable bonds is 4. The number of aryl methyl sites for hydroxylation is 1. The minimum Gasteiger partial charge on any atom is -0.386 e. The van der Waals surface area contributed by atoms with E-state index in [1.54, 1.807) is 12.4 Å². The van der Waals surface area contributed by atoms with Gasteiger partial charge in [-0.05, 0) is 12.8 Å². The molecule has 1 saturated carbocycles. The summed E-state index contributed by atoms with van der Waals surface area (Å²) in [5.41, 5.74) is 0.899. The molecule has 1 unspecified atom stereocenters. The van der Waals surface area contributed by atoms with E-state index in [9.17, 15) is 5.11 Å². The second-order valence-corrected chi connectivity index (χ2v) is 4.63. The van der Waals surface area contributed by atoms with Gasteiger partial charge in [-0.1, -0.05) is 0 Å². The predicted molar refractivity (Wildman–Crippen MR) is 62.4 cm³/mol. The quantitative estimate of drug-likeness (QED) is 0.862. The number of aliphatic hydroxyl groups excluding tert-OH is 1. The van der Waals surface area contributed by atoms with Crippen LogP contribution in [0.4, 0.5) is 0 Å². The molecule has 0 bridgehead atoms. The van der Waals surface area contributed by atoms with Crippen molar-refractivity contribution in [2.75, 3.05) is 0 Å². The van der Waals surface area contributed by atoms with E-state index in [2.05, 4.69) is 14.5 Å². The Kier molecular flexibility index (Phi) is 2.48. The maximum absolute atomic E-state index is 10.2. The minimum absolute atomic E-state index is 0.529. The average Bonchev–Trinajstić information content (AvgIpc) is 2.90. The Bertz CT molecular complexity index is 512. The van der Waals surface area contributed by atoms with E-state index in [1.807, 2.05) is 24.1 Å². The van der Waals surface area contributed by atoms with Crippen LogP contribution in [0, 0.1) is 0 Å². The second-order valence-electron chi connectivity index (χ2n) is 4.63. The molecule has 1 atom stereocenters. The van der Waals surface area contributed by atoms with E-state index in [-0.39, 0.29) is 0 Å². The van der Waals surface area contributed by atoms with Gasteiger partial charge < -0.3 is 14.2 Å². The molecule has 0 radical (unpaired) electrons. The lowest BCUT2D eigenvalue weighted by Crippen LogP contribution is -2.11. The van der Waals surface area contributed by atoms with Gasteiger partial charge in [-0.15, -0.1) is 0 Å². The van der Waals surface area contributed by atoms with Gasteiger partial charge in [0.2, 0.25) is 0 Å². The molecular formula is C12H16N4O. The van der Waals surface area contributed by atoms with Crippen LogP contribution in [0.25, 0.3) is 0 Å². The molecule has 1 aliphatic carbocycles. The standard InChI is InChI=1S/C12H16N4O/c1-15-5-4-14-12(15)6-11(17)10-7-13-8-16(10)9-2-3-9/h4-5,7-9,11,17H,2-3,6H2,1H3. The lowest BCUT2D eigenvalue weighted by molar-refractivity contribution is 0.165. The van der Waals surface area contributed by atoms with Gasteiger partial charge in [0.25, 0.3) is 0 Å². The van der Waals surface area contributed by atoms with E-state index in [4.69, 9.17) is 0 Å². The fourth-order valence-electron chi connectivity index (χ4n) is 2.10. The first-order chi connectivity index (χ1) is 8.25. The SMILES string of the molecule is Cn1ccnc1CC(O)c1cncn1C1CC1. The molecule has 5 heteroatoms. The zero-order valence-electron chi connectivity index (χ0n) is 9.82. The Morgan fingerprint density at radius 2 is 2.35 bits per heavy atom. The summed E-state index contributed by atoms with van der Waals surface area (Å²) in [7, 11) is 1.94. The van der Waals surface area contributed by atoms with Gasteiger partial charge >= 0.3 is 0 Å². The van der Waals surface area contributed by atoms with Crippen LogP contribution in [0.2, 0.25) is 0 Å². The summed E-state index contributed by atoms with van der Waals surface area (Å²) in [4.78, 5) is 8.36. The van der Waals surface area contributed by atoms with Crippen LogP contribution in [0.3, 0.4) is 0 Å². The van der Waals surface area contributed by atoms with Crippen molar-refractivity contribution in [1.29, 1.82) is 0 Å². The largest absolute Gasteiger partial charge is 0.386 e. The smallest absolute Gasteiger partial charge is 0.111 e. The molecule has 1 fully saturated rings. The first-order valence-electron chi connectivity index (χ1n) is 5.91. The van der Waals surface area contributed by atoms with Crippen molar-refractivity contribution in [1.82, 2.24) is 19.1 Å². The summed E-state index contributed by atoms with van der Waals surface area (Å²) >= 11 is 0. The van der Waals surface area contributed by atoms with Gasteiger partial charge in [-0.25, -0.2) is 9.97 Å². The van der Waals surface area contributed by atoms with Gasteiger partial charge in [0.1, 0.15) is 11.9 Å². The average molecular weight is 232 g/mol. The maximum atomic E-state index is 10.2. The number of nitrogens with zero attached hydrogens (tertiary/aromatic N) is 4. The molecule has 5 nitrogen and oxygen atoms in total. The van der Waals surface area contributed by atoms with Gasteiger partial charge in [0, 0.05) is 31.9 Å². The van der Waals surface area contributed by atoms with Crippen LogP contribution in [0.15, 0.2) is 24.9 Å². The van der Waals surface area contributed by atoms with Crippen molar-refractivity contribution in [3.05, 3.63) is 36.4 Å². The number of aromatic nitrogens is 4. The highest BCUT2D eigenvalue weighted by molar-refractivity contribution is 5.09. The summed E-state index contributed by atoms with van der Waals surface area (Å²) in [6.07, 6.45) is 9.60. The van der Waals surface area contributed by atoms with Crippen molar-refractivity contribution < 1.29 is 5.11 Å². The molecule has 0 spiro atoms. The molecule has 90 valence electrons. The molecule has 2 heterocycles. The molecule has 3 rings (SSSR count). The van der Waals surface area contributed by atoms with Crippen LogP contribution < -0.4 is 0 Å². The highest BCUT2D eigenvalue weighted by Crippen LogP contribution is 2.37. The third-order valence-corrected chi connectivity index (χ3v) is 3.27. The van der Waals surface area contributed by atoms with Crippen LogP contribution >= 0.6 is 0 Å². The van der Waals surface area contributed by atoms with Crippen molar-refractivity contribution >= 4 is 0 Å².